The predicted octanol–water partition coefficient (Wildman–Crippen LogP) is 1.42. The standard InChI is InChI=1S/C13H29NO4/c1-4-17-13(18-5-2)12-14-8-6-7-9-16-11-10-15-3/h13-14H,4-12H2,1-3H3. The summed E-state index contributed by atoms with van der Waals surface area (Å²) in [5.74, 6) is 0. The van der Waals surface area contributed by atoms with E-state index in [1.54, 1.807) is 7.11 Å². The summed E-state index contributed by atoms with van der Waals surface area (Å²) in [4.78, 5) is 0. The summed E-state index contributed by atoms with van der Waals surface area (Å²) >= 11 is 0. The third-order valence-electron chi connectivity index (χ3n) is 2.34. The quantitative estimate of drug-likeness (QED) is 0.379. The van der Waals surface area contributed by atoms with Gasteiger partial charge in [-0.3, -0.25) is 0 Å². The topological polar surface area (TPSA) is 49.0 Å². The summed E-state index contributed by atoms with van der Waals surface area (Å²) in [5.41, 5.74) is 0. The predicted molar refractivity (Wildman–Crippen MR) is 71.8 cm³/mol. The molecule has 0 aromatic carbocycles. The Labute approximate surface area is 111 Å². The molecule has 0 saturated heterocycles. The highest BCUT2D eigenvalue weighted by molar-refractivity contribution is 4.52. The molecule has 0 spiro atoms. The van der Waals surface area contributed by atoms with Crippen molar-refractivity contribution in [3.63, 3.8) is 0 Å². The fraction of sp³-hybridized carbons (Fsp3) is 1.00. The molecule has 5 heteroatoms. The third-order valence-corrected chi connectivity index (χ3v) is 2.34. The number of hydrogen-bond acceptors (Lipinski definition) is 5. The lowest BCUT2D eigenvalue weighted by atomic mass is 10.3. The Morgan fingerprint density at radius 2 is 1.67 bits per heavy atom. The van der Waals surface area contributed by atoms with E-state index in [0.717, 1.165) is 32.5 Å². The highest BCUT2D eigenvalue weighted by Gasteiger charge is 2.05. The average molecular weight is 263 g/mol. The number of methoxy groups -OCH3 is 1. The van der Waals surface area contributed by atoms with E-state index in [4.69, 9.17) is 18.9 Å². The van der Waals surface area contributed by atoms with Crippen LogP contribution in [0.5, 0.6) is 0 Å². The molecular formula is C13H29NO4. The Bertz CT molecular complexity index is 152. The van der Waals surface area contributed by atoms with Crippen LogP contribution < -0.4 is 5.32 Å². The summed E-state index contributed by atoms with van der Waals surface area (Å²) in [5, 5.41) is 3.33. The molecule has 110 valence electrons. The first-order valence-electron chi connectivity index (χ1n) is 6.85. The Morgan fingerprint density at radius 3 is 2.28 bits per heavy atom. The van der Waals surface area contributed by atoms with Crippen molar-refractivity contribution >= 4 is 0 Å². The van der Waals surface area contributed by atoms with Crippen molar-refractivity contribution in [2.24, 2.45) is 0 Å². The van der Waals surface area contributed by atoms with E-state index in [1.807, 2.05) is 13.8 Å². The molecule has 0 rings (SSSR count). The van der Waals surface area contributed by atoms with Crippen molar-refractivity contribution in [1.82, 2.24) is 5.32 Å². The lowest BCUT2D eigenvalue weighted by molar-refractivity contribution is -0.132. The maximum Gasteiger partial charge on any atom is 0.169 e. The van der Waals surface area contributed by atoms with Gasteiger partial charge >= 0.3 is 0 Å². The van der Waals surface area contributed by atoms with Gasteiger partial charge in [-0.05, 0) is 33.2 Å². The second kappa shape index (κ2) is 14.9. The van der Waals surface area contributed by atoms with Crippen LogP contribution in [-0.2, 0) is 18.9 Å². The minimum atomic E-state index is -0.127. The lowest BCUT2D eigenvalue weighted by Gasteiger charge is -2.17. The summed E-state index contributed by atoms with van der Waals surface area (Å²) in [6.45, 7) is 9.16. The minimum Gasteiger partial charge on any atom is -0.382 e. The van der Waals surface area contributed by atoms with Crippen LogP contribution in [0.2, 0.25) is 0 Å². The fourth-order valence-corrected chi connectivity index (χ4v) is 1.46. The summed E-state index contributed by atoms with van der Waals surface area (Å²) < 4.78 is 21.1. The molecule has 0 bridgehead atoms. The molecule has 0 unspecified atom stereocenters. The molecule has 0 aromatic heterocycles. The van der Waals surface area contributed by atoms with Gasteiger partial charge in [0.25, 0.3) is 0 Å². The van der Waals surface area contributed by atoms with Crippen LogP contribution in [0.3, 0.4) is 0 Å². The molecule has 5 nitrogen and oxygen atoms in total. The van der Waals surface area contributed by atoms with Crippen molar-refractivity contribution in [2.75, 3.05) is 53.2 Å². The molecule has 0 aliphatic carbocycles. The maximum absolute atomic E-state index is 5.43. The zero-order valence-electron chi connectivity index (χ0n) is 12.1. The number of rotatable bonds is 14. The molecule has 18 heavy (non-hydrogen) atoms. The molecule has 0 saturated carbocycles. The largest absolute Gasteiger partial charge is 0.382 e. The number of unbranched alkanes of at least 4 members (excludes halogenated alkanes) is 1. The molecule has 1 N–H and O–H groups in total. The van der Waals surface area contributed by atoms with Crippen molar-refractivity contribution < 1.29 is 18.9 Å². The highest BCUT2D eigenvalue weighted by atomic mass is 16.7. The van der Waals surface area contributed by atoms with Gasteiger partial charge in [0, 0.05) is 33.5 Å². The molecule has 0 amide bonds. The second-order valence-electron chi connectivity index (χ2n) is 3.86. The van der Waals surface area contributed by atoms with E-state index in [9.17, 15) is 0 Å². The van der Waals surface area contributed by atoms with Crippen molar-refractivity contribution in [1.29, 1.82) is 0 Å². The first-order chi connectivity index (χ1) is 8.85. The number of nitrogens with one attached hydrogen (secondary N) is 1. The zero-order chi connectivity index (χ0) is 13.5. The number of hydrogen-bond donors (Lipinski definition) is 1. The van der Waals surface area contributed by atoms with E-state index in [2.05, 4.69) is 5.32 Å². The van der Waals surface area contributed by atoms with Gasteiger partial charge in [-0.25, -0.2) is 0 Å². The van der Waals surface area contributed by atoms with Gasteiger partial charge in [0.2, 0.25) is 0 Å². The first kappa shape index (κ1) is 17.8. The smallest absolute Gasteiger partial charge is 0.169 e. The van der Waals surface area contributed by atoms with Crippen LogP contribution in [0.1, 0.15) is 26.7 Å². The van der Waals surface area contributed by atoms with E-state index < -0.39 is 0 Å². The fourth-order valence-electron chi connectivity index (χ4n) is 1.46. The van der Waals surface area contributed by atoms with Gasteiger partial charge in [-0.2, -0.15) is 0 Å². The number of ether oxygens (including phenoxy) is 4. The molecule has 0 aliphatic rings. The summed E-state index contributed by atoms with van der Waals surface area (Å²) in [6.07, 6.45) is 2.03. The van der Waals surface area contributed by atoms with Crippen LogP contribution in [0.25, 0.3) is 0 Å². The van der Waals surface area contributed by atoms with Gasteiger partial charge < -0.3 is 24.3 Å². The molecule has 0 fully saturated rings. The van der Waals surface area contributed by atoms with Crippen LogP contribution in [0.15, 0.2) is 0 Å². The summed E-state index contributed by atoms with van der Waals surface area (Å²) in [7, 11) is 1.68. The second-order valence-corrected chi connectivity index (χ2v) is 3.86. The molecule has 0 atom stereocenters. The van der Waals surface area contributed by atoms with Crippen LogP contribution in [0.4, 0.5) is 0 Å². The van der Waals surface area contributed by atoms with Crippen LogP contribution in [0, 0.1) is 0 Å². The third kappa shape index (κ3) is 12.3. The molecule has 0 aliphatic heterocycles. The van der Waals surface area contributed by atoms with Crippen LogP contribution in [-0.4, -0.2) is 59.5 Å². The van der Waals surface area contributed by atoms with Crippen molar-refractivity contribution in [3.05, 3.63) is 0 Å². The monoisotopic (exact) mass is 263 g/mol. The van der Waals surface area contributed by atoms with Gasteiger partial charge in [0.1, 0.15) is 0 Å². The highest BCUT2D eigenvalue weighted by Crippen LogP contribution is 1.94. The maximum atomic E-state index is 5.43. The Hall–Kier alpha value is -0.200. The SMILES string of the molecule is CCOC(CNCCCCOCCOC)OCC. The van der Waals surface area contributed by atoms with E-state index in [0.29, 0.717) is 26.4 Å². The molecule has 0 aromatic rings. The van der Waals surface area contributed by atoms with Gasteiger partial charge in [-0.1, -0.05) is 0 Å². The molecule has 0 heterocycles. The Balaban J connectivity index is 3.21. The van der Waals surface area contributed by atoms with Gasteiger partial charge in [-0.15, -0.1) is 0 Å². The van der Waals surface area contributed by atoms with E-state index in [1.165, 1.54) is 0 Å². The van der Waals surface area contributed by atoms with E-state index >= 15 is 0 Å². The minimum absolute atomic E-state index is 0.127. The Kier molecular flexibility index (Phi) is 14.7. The summed E-state index contributed by atoms with van der Waals surface area (Å²) in [6, 6.07) is 0. The van der Waals surface area contributed by atoms with Gasteiger partial charge in [0.15, 0.2) is 6.29 Å². The van der Waals surface area contributed by atoms with E-state index in [-0.39, 0.29) is 6.29 Å². The Morgan fingerprint density at radius 1 is 0.944 bits per heavy atom. The lowest BCUT2D eigenvalue weighted by Crippen LogP contribution is -2.32. The molecule has 0 radical (unpaired) electrons. The first-order valence-corrected chi connectivity index (χ1v) is 6.85. The van der Waals surface area contributed by atoms with Gasteiger partial charge in [0.05, 0.1) is 13.2 Å². The van der Waals surface area contributed by atoms with Crippen molar-refractivity contribution in [3.8, 4) is 0 Å². The molecular weight excluding hydrogens is 234 g/mol. The average Bonchev–Trinajstić information content (AvgIpc) is 2.37. The van der Waals surface area contributed by atoms with Crippen molar-refractivity contribution in [2.45, 2.75) is 33.0 Å². The zero-order valence-corrected chi connectivity index (χ0v) is 12.1. The normalized spacial score (nSPS) is 11.3. The van der Waals surface area contributed by atoms with Crippen LogP contribution >= 0.6 is 0 Å².